The van der Waals surface area contributed by atoms with E-state index in [1.54, 1.807) is 14.0 Å². The Balaban J connectivity index is 2.04. The Morgan fingerprint density at radius 1 is 1.10 bits per heavy atom. The highest BCUT2D eigenvalue weighted by Crippen LogP contribution is 2.30. The molecule has 0 spiro atoms. The van der Waals surface area contributed by atoms with Gasteiger partial charge in [-0.1, -0.05) is 17.3 Å². The van der Waals surface area contributed by atoms with Crippen LogP contribution >= 0.6 is 0 Å². The lowest BCUT2D eigenvalue weighted by atomic mass is 10.2. The van der Waals surface area contributed by atoms with Crippen LogP contribution in [0.1, 0.15) is 11.6 Å². The second-order valence-electron chi connectivity index (χ2n) is 4.27. The van der Waals surface area contributed by atoms with E-state index in [9.17, 15) is 0 Å². The summed E-state index contributed by atoms with van der Waals surface area (Å²) in [4.78, 5) is 8.53. The highest BCUT2D eigenvalue weighted by Gasteiger charge is 2.19. The summed E-state index contributed by atoms with van der Waals surface area (Å²) in [7, 11) is 1.60. The van der Waals surface area contributed by atoms with E-state index in [4.69, 9.17) is 13.7 Å². The Hall–Kier alpha value is -2.63. The quantitative estimate of drug-likeness (QED) is 0.729. The van der Waals surface area contributed by atoms with Crippen LogP contribution in [0.15, 0.2) is 33.2 Å². The molecule has 1 aromatic carbocycles. The topological polar surface area (TPSA) is 74.2 Å². The van der Waals surface area contributed by atoms with Gasteiger partial charge in [-0.3, -0.25) is 0 Å². The van der Waals surface area contributed by atoms with Gasteiger partial charge in [-0.15, -0.1) is 0 Å². The summed E-state index contributed by atoms with van der Waals surface area (Å²) in [6.07, 6.45) is 0. The lowest BCUT2D eigenvalue weighted by Crippen LogP contribution is -1.88. The van der Waals surface area contributed by atoms with Gasteiger partial charge in [0.25, 0.3) is 5.89 Å². The maximum absolute atomic E-state index is 5.47. The largest absolute Gasteiger partial charge is 0.496 e. The van der Waals surface area contributed by atoms with E-state index < -0.39 is 0 Å². The molecule has 3 rings (SSSR count). The Labute approximate surface area is 115 Å². The fourth-order valence-electron chi connectivity index (χ4n) is 1.98. The fourth-order valence-corrected chi connectivity index (χ4v) is 1.98. The van der Waals surface area contributed by atoms with Gasteiger partial charge >= 0.3 is 0 Å². The summed E-state index contributed by atoms with van der Waals surface area (Å²) in [6.45, 7) is 3.60. The minimum absolute atomic E-state index is 0.309. The lowest BCUT2D eigenvalue weighted by molar-refractivity contribution is 0.408. The maximum atomic E-state index is 5.47. The highest BCUT2D eigenvalue weighted by atomic mass is 16.5. The zero-order valence-electron chi connectivity index (χ0n) is 11.4. The molecule has 0 amide bonds. The number of hydrogen-bond acceptors (Lipinski definition) is 6. The summed E-state index contributed by atoms with van der Waals surface area (Å²) < 4.78 is 16.0. The minimum Gasteiger partial charge on any atom is -0.496 e. The lowest BCUT2D eigenvalue weighted by Gasteiger charge is -2.02. The van der Waals surface area contributed by atoms with Gasteiger partial charge < -0.3 is 13.7 Å². The number of nitrogens with zero attached hydrogens (tertiary/aromatic N) is 3. The molecule has 2 aromatic heterocycles. The van der Waals surface area contributed by atoms with Crippen molar-refractivity contribution in [1.82, 2.24) is 15.1 Å². The third-order valence-electron chi connectivity index (χ3n) is 2.87. The van der Waals surface area contributed by atoms with E-state index in [-0.39, 0.29) is 0 Å². The Kier molecular flexibility index (Phi) is 2.98. The van der Waals surface area contributed by atoms with Crippen LogP contribution < -0.4 is 4.74 Å². The van der Waals surface area contributed by atoms with Crippen molar-refractivity contribution < 1.29 is 13.7 Å². The van der Waals surface area contributed by atoms with Crippen LogP contribution in [-0.4, -0.2) is 22.2 Å². The molecule has 0 unspecified atom stereocenters. The summed E-state index contributed by atoms with van der Waals surface area (Å²) in [5.41, 5.74) is 1.48. The number of aromatic nitrogens is 3. The monoisotopic (exact) mass is 271 g/mol. The predicted octanol–water partition coefficient (Wildman–Crippen LogP) is 3.02. The summed E-state index contributed by atoms with van der Waals surface area (Å²) >= 11 is 0. The van der Waals surface area contributed by atoms with E-state index in [0.29, 0.717) is 29.1 Å². The van der Waals surface area contributed by atoms with Crippen molar-refractivity contribution in [3.05, 3.63) is 35.9 Å². The van der Waals surface area contributed by atoms with Gasteiger partial charge in [0.05, 0.1) is 18.4 Å². The molecule has 0 atom stereocenters. The number of para-hydroxylation sites is 1. The summed E-state index contributed by atoms with van der Waals surface area (Å²) in [5, 5.41) is 3.97. The average Bonchev–Trinajstić information content (AvgIpc) is 3.05. The van der Waals surface area contributed by atoms with E-state index >= 15 is 0 Å². The van der Waals surface area contributed by atoms with Crippen molar-refractivity contribution in [2.24, 2.45) is 0 Å². The molecule has 102 valence electrons. The van der Waals surface area contributed by atoms with Crippen LogP contribution in [-0.2, 0) is 0 Å². The highest BCUT2D eigenvalue weighted by molar-refractivity contribution is 5.65. The first-order valence-electron chi connectivity index (χ1n) is 6.10. The first kappa shape index (κ1) is 12.4. The van der Waals surface area contributed by atoms with Crippen molar-refractivity contribution in [2.75, 3.05) is 7.11 Å². The molecule has 0 radical (unpaired) electrons. The van der Waals surface area contributed by atoms with Gasteiger partial charge in [0.2, 0.25) is 11.6 Å². The van der Waals surface area contributed by atoms with Gasteiger partial charge in [-0.2, -0.15) is 4.98 Å². The van der Waals surface area contributed by atoms with Gasteiger partial charge in [-0.25, -0.2) is 4.98 Å². The van der Waals surface area contributed by atoms with Crippen molar-refractivity contribution in [3.63, 3.8) is 0 Å². The maximum Gasteiger partial charge on any atom is 0.295 e. The fraction of sp³-hybridized carbons (Fsp3) is 0.214. The number of aryl methyl sites for hydroxylation is 2. The third kappa shape index (κ3) is 2.05. The minimum atomic E-state index is 0.309. The molecule has 0 aliphatic carbocycles. The second-order valence-corrected chi connectivity index (χ2v) is 4.27. The van der Waals surface area contributed by atoms with Crippen molar-refractivity contribution in [1.29, 1.82) is 0 Å². The number of ether oxygens (including phenoxy) is 1. The van der Waals surface area contributed by atoms with Crippen LogP contribution in [0, 0.1) is 13.8 Å². The SMILES string of the molecule is COc1ccccc1-c1noc(-c2oc(C)nc2C)n1. The van der Waals surface area contributed by atoms with Crippen LogP contribution in [0.3, 0.4) is 0 Å². The van der Waals surface area contributed by atoms with Gasteiger partial charge in [0, 0.05) is 6.92 Å². The van der Waals surface area contributed by atoms with E-state index in [0.717, 1.165) is 11.3 Å². The molecule has 0 saturated heterocycles. The van der Waals surface area contributed by atoms with Gasteiger partial charge in [0.1, 0.15) is 5.75 Å². The van der Waals surface area contributed by atoms with E-state index in [2.05, 4.69) is 15.1 Å². The molecule has 0 saturated carbocycles. The number of oxazole rings is 1. The molecule has 6 nitrogen and oxygen atoms in total. The van der Waals surface area contributed by atoms with Crippen molar-refractivity contribution in [2.45, 2.75) is 13.8 Å². The van der Waals surface area contributed by atoms with Crippen LogP contribution in [0.2, 0.25) is 0 Å². The molecule has 20 heavy (non-hydrogen) atoms. The first-order chi connectivity index (χ1) is 9.69. The molecule has 0 fully saturated rings. The third-order valence-corrected chi connectivity index (χ3v) is 2.87. The standard InChI is InChI=1S/C14H13N3O3/c1-8-12(19-9(2)15-8)14-16-13(17-20-14)10-6-4-5-7-11(10)18-3/h4-7H,1-3H3. The number of rotatable bonds is 3. The van der Waals surface area contributed by atoms with Crippen molar-refractivity contribution in [3.8, 4) is 28.8 Å². The van der Waals surface area contributed by atoms with Crippen LogP contribution in [0.5, 0.6) is 5.75 Å². The molecule has 2 heterocycles. The smallest absolute Gasteiger partial charge is 0.295 e. The van der Waals surface area contributed by atoms with E-state index in [1.165, 1.54) is 0 Å². The van der Waals surface area contributed by atoms with Crippen LogP contribution in [0.4, 0.5) is 0 Å². The average molecular weight is 271 g/mol. The Bertz CT molecular complexity index is 746. The molecule has 3 aromatic rings. The molecule has 0 bridgehead atoms. The Morgan fingerprint density at radius 3 is 2.60 bits per heavy atom. The van der Waals surface area contributed by atoms with E-state index in [1.807, 2.05) is 31.2 Å². The zero-order valence-corrected chi connectivity index (χ0v) is 11.4. The van der Waals surface area contributed by atoms with Crippen molar-refractivity contribution >= 4 is 0 Å². The summed E-state index contributed by atoms with van der Waals surface area (Å²) in [5.74, 6) is 2.51. The molecule has 0 aliphatic rings. The zero-order chi connectivity index (χ0) is 14.1. The first-order valence-corrected chi connectivity index (χ1v) is 6.10. The molecular formula is C14H13N3O3. The number of methoxy groups -OCH3 is 1. The van der Waals surface area contributed by atoms with Gasteiger partial charge in [-0.05, 0) is 19.1 Å². The normalized spacial score (nSPS) is 10.8. The predicted molar refractivity (Wildman–Crippen MR) is 71.3 cm³/mol. The summed E-state index contributed by atoms with van der Waals surface area (Å²) in [6, 6.07) is 7.48. The number of benzene rings is 1. The molecule has 6 heteroatoms. The molecule has 0 aliphatic heterocycles. The van der Waals surface area contributed by atoms with Gasteiger partial charge in [0.15, 0.2) is 5.89 Å². The molecular weight excluding hydrogens is 258 g/mol. The Morgan fingerprint density at radius 2 is 1.90 bits per heavy atom. The second kappa shape index (κ2) is 4.80. The molecule has 0 N–H and O–H groups in total. The number of hydrogen-bond donors (Lipinski definition) is 0. The van der Waals surface area contributed by atoms with Crippen LogP contribution in [0.25, 0.3) is 23.0 Å².